The Morgan fingerprint density at radius 3 is 3.08 bits per heavy atom. The van der Waals surface area contributed by atoms with Gasteiger partial charge in [0.2, 0.25) is 0 Å². The second kappa shape index (κ2) is 3.12. The Balaban J connectivity index is 2.78. The lowest BCUT2D eigenvalue weighted by Crippen LogP contribution is -1.92. The molecule has 0 aliphatic rings. The average Bonchev–Trinajstić information content (AvgIpc) is 2.44. The molecule has 0 saturated heterocycles. The predicted molar refractivity (Wildman–Crippen MR) is 55.2 cm³/mol. The highest BCUT2D eigenvalue weighted by Gasteiger charge is 2.07. The minimum Gasteiger partial charge on any atom is -0.326 e. The summed E-state index contributed by atoms with van der Waals surface area (Å²) in [4.78, 5) is 6.45. The molecule has 0 atom stereocenters. The molecule has 2 aromatic heterocycles. The predicted octanol–water partition coefficient (Wildman–Crippen LogP) is 2.52. The molecule has 0 aliphatic carbocycles. The molecule has 0 aliphatic heterocycles. The van der Waals surface area contributed by atoms with Crippen LogP contribution in [-0.4, -0.2) is 4.98 Å². The first-order valence-corrected chi connectivity index (χ1v) is 5.16. The average molecular weight is 243 g/mol. The summed E-state index contributed by atoms with van der Waals surface area (Å²) in [5, 5.41) is 1.16. The first-order valence-electron chi connectivity index (χ1n) is 3.55. The fraction of sp³-hybridized carbons (Fsp3) is 0.125. The van der Waals surface area contributed by atoms with Crippen molar-refractivity contribution in [2.24, 2.45) is 5.73 Å². The van der Waals surface area contributed by atoms with Crippen LogP contribution in [0.25, 0.3) is 10.2 Å². The summed E-state index contributed by atoms with van der Waals surface area (Å²) >= 11 is 5.14. The lowest BCUT2D eigenvalue weighted by molar-refractivity contribution is 1.10. The monoisotopic (exact) mass is 242 g/mol. The van der Waals surface area contributed by atoms with Crippen LogP contribution < -0.4 is 5.73 Å². The van der Waals surface area contributed by atoms with E-state index in [2.05, 4.69) is 20.9 Å². The van der Waals surface area contributed by atoms with Gasteiger partial charge in [-0.2, -0.15) is 0 Å². The van der Waals surface area contributed by atoms with E-state index in [9.17, 15) is 0 Å². The third kappa shape index (κ3) is 1.16. The third-order valence-corrected chi connectivity index (χ3v) is 3.96. The second-order valence-electron chi connectivity index (χ2n) is 2.40. The molecule has 0 bridgehead atoms. The van der Waals surface area contributed by atoms with E-state index in [4.69, 9.17) is 5.73 Å². The van der Waals surface area contributed by atoms with Crippen LogP contribution in [0, 0.1) is 0 Å². The Hall–Kier alpha value is -0.450. The fourth-order valence-corrected chi connectivity index (χ4v) is 2.85. The molecule has 4 heteroatoms. The lowest BCUT2D eigenvalue weighted by Gasteiger charge is -1.88. The van der Waals surface area contributed by atoms with Gasteiger partial charge in [-0.25, -0.2) is 4.98 Å². The van der Waals surface area contributed by atoms with Gasteiger partial charge >= 0.3 is 0 Å². The van der Waals surface area contributed by atoms with E-state index in [1.54, 1.807) is 17.5 Å². The van der Waals surface area contributed by atoms with Crippen molar-refractivity contribution in [3.05, 3.63) is 27.7 Å². The standard InChI is InChI=1S/C8H7BrN2S/c9-7-5-2-1-3-11-8(5)12-6(7)4-10/h1-3H,4,10H2. The molecular formula is C8H7BrN2S. The van der Waals surface area contributed by atoms with Gasteiger partial charge in [0.25, 0.3) is 0 Å². The second-order valence-corrected chi connectivity index (χ2v) is 4.28. The van der Waals surface area contributed by atoms with Crippen molar-refractivity contribution in [1.29, 1.82) is 0 Å². The van der Waals surface area contributed by atoms with Crippen LogP contribution in [0.1, 0.15) is 4.88 Å². The summed E-state index contributed by atoms with van der Waals surface area (Å²) in [6, 6.07) is 3.97. The molecule has 2 heterocycles. The molecule has 2 nitrogen and oxygen atoms in total. The van der Waals surface area contributed by atoms with Gasteiger partial charge in [0, 0.05) is 27.5 Å². The maximum Gasteiger partial charge on any atom is 0.124 e. The highest BCUT2D eigenvalue weighted by atomic mass is 79.9. The minimum atomic E-state index is 0.571. The van der Waals surface area contributed by atoms with Crippen LogP contribution in [0.2, 0.25) is 0 Å². The number of aromatic nitrogens is 1. The number of rotatable bonds is 1. The number of thiophene rings is 1. The van der Waals surface area contributed by atoms with Gasteiger partial charge < -0.3 is 5.73 Å². The van der Waals surface area contributed by atoms with Crippen molar-refractivity contribution < 1.29 is 0 Å². The zero-order valence-corrected chi connectivity index (χ0v) is 8.65. The van der Waals surface area contributed by atoms with Crippen molar-refractivity contribution >= 4 is 37.5 Å². The van der Waals surface area contributed by atoms with Crippen molar-refractivity contribution in [2.45, 2.75) is 6.54 Å². The molecular weight excluding hydrogens is 236 g/mol. The van der Waals surface area contributed by atoms with E-state index in [1.165, 1.54) is 0 Å². The van der Waals surface area contributed by atoms with Crippen LogP contribution in [0.15, 0.2) is 22.8 Å². The molecule has 0 radical (unpaired) electrons. The number of halogens is 1. The molecule has 0 saturated carbocycles. The van der Waals surface area contributed by atoms with Crippen LogP contribution >= 0.6 is 27.3 Å². The Morgan fingerprint density at radius 1 is 1.58 bits per heavy atom. The Bertz CT molecular complexity index is 410. The maximum absolute atomic E-state index is 5.57. The summed E-state index contributed by atoms with van der Waals surface area (Å²) in [5.41, 5.74) is 5.57. The topological polar surface area (TPSA) is 38.9 Å². The Morgan fingerprint density at radius 2 is 2.42 bits per heavy atom. The Labute approximate surface area is 82.5 Å². The summed E-state index contributed by atoms with van der Waals surface area (Å²) < 4.78 is 1.10. The van der Waals surface area contributed by atoms with Gasteiger partial charge in [-0.15, -0.1) is 11.3 Å². The third-order valence-electron chi connectivity index (χ3n) is 1.66. The van der Waals surface area contributed by atoms with Crippen molar-refractivity contribution in [3.8, 4) is 0 Å². The summed E-state index contributed by atoms with van der Waals surface area (Å²) in [6.45, 7) is 0.571. The molecule has 0 amide bonds. The molecule has 0 spiro atoms. The number of nitrogens with two attached hydrogens (primary N) is 1. The molecule has 12 heavy (non-hydrogen) atoms. The molecule has 2 N–H and O–H groups in total. The first kappa shape index (κ1) is 8.16. The van der Waals surface area contributed by atoms with E-state index in [-0.39, 0.29) is 0 Å². The molecule has 0 fully saturated rings. The normalized spacial score (nSPS) is 10.8. The van der Waals surface area contributed by atoms with Crippen LogP contribution in [0.4, 0.5) is 0 Å². The van der Waals surface area contributed by atoms with E-state index in [0.29, 0.717) is 6.54 Å². The van der Waals surface area contributed by atoms with Crippen LogP contribution in [0.5, 0.6) is 0 Å². The van der Waals surface area contributed by atoms with E-state index < -0.39 is 0 Å². The smallest absolute Gasteiger partial charge is 0.124 e. The van der Waals surface area contributed by atoms with Gasteiger partial charge in [-0.3, -0.25) is 0 Å². The zero-order chi connectivity index (χ0) is 8.55. The number of nitrogens with zero attached hydrogens (tertiary/aromatic N) is 1. The minimum absolute atomic E-state index is 0.571. The molecule has 0 unspecified atom stereocenters. The summed E-state index contributed by atoms with van der Waals surface area (Å²) in [5.74, 6) is 0. The van der Waals surface area contributed by atoms with Gasteiger partial charge in [0.15, 0.2) is 0 Å². The summed E-state index contributed by atoms with van der Waals surface area (Å²) in [6.07, 6.45) is 1.80. The van der Waals surface area contributed by atoms with Crippen LogP contribution in [-0.2, 0) is 6.54 Å². The number of pyridine rings is 1. The van der Waals surface area contributed by atoms with Crippen molar-refractivity contribution in [1.82, 2.24) is 4.98 Å². The highest BCUT2D eigenvalue weighted by molar-refractivity contribution is 9.10. The van der Waals surface area contributed by atoms with Crippen molar-refractivity contribution in [3.63, 3.8) is 0 Å². The van der Waals surface area contributed by atoms with E-state index >= 15 is 0 Å². The van der Waals surface area contributed by atoms with Gasteiger partial charge in [-0.05, 0) is 28.1 Å². The van der Waals surface area contributed by atoms with Crippen molar-refractivity contribution in [2.75, 3.05) is 0 Å². The summed E-state index contributed by atoms with van der Waals surface area (Å²) in [7, 11) is 0. The largest absolute Gasteiger partial charge is 0.326 e. The zero-order valence-electron chi connectivity index (χ0n) is 6.25. The molecule has 0 aromatic carbocycles. The van der Waals surface area contributed by atoms with E-state index in [0.717, 1.165) is 19.6 Å². The number of hydrogen-bond acceptors (Lipinski definition) is 3. The van der Waals surface area contributed by atoms with Crippen LogP contribution in [0.3, 0.4) is 0 Å². The molecule has 62 valence electrons. The molecule has 2 aromatic rings. The van der Waals surface area contributed by atoms with E-state index in [1.807, 2.05) is 12.1 Å². The van der Waals surface area contributed by atoms with Gasteiger partial charge in [0.05, 0.1) is 0 Å². The quantitative estimate of drug-likeness (QED) is 0.835. The molecule has 2 rings (SSSR count). The SMILES string of the molecule is NCc1sc2ncccc2c1Br. The Kier molecular flexibility index (Phi) is 2.12. The fourth-order valence-electron chi connectivity index (χ4n) is 1.08. The lowest BCUT2D eigenvalue weighted by atomic mass is 10.3. The maximum atomic E-state index is 5.57. The van der Waals surface area contributed by atoms with Gasteiger partial charge in [0.1, 0.15) is 4.83 Å². The first-order chi connectivity index (χ1) is 5.83. The number of fused-ring (bicyclic) bond motifs is 1. The highest BCUT2D eigenvalue weighted by Crippen LogP contribution is 2.33. The van der Waals surface area contributed by atoms with Gasteiger partial charge in [-0.1, -0.05) is 0 Å². The number of hydrogen-bond donors (Lipinski definition) is 1.